The molecule has 9 heteroatoms. The first kappa shape index (κ1) is 17.9. The van der Waals surface area contributed by atoms with E-state index in [0.717, 1.165) is 0 Å². The maximum atomic E-state index is 12.0. The van der Waals surface area contributed by atoms with E-state index in [0.29, 0.717) is 19.4 Å². The highest BCUT2D eigenvalue weighted by atomic mass is 16.4. The maximum Gasteiger partial charge on any atom is 0.326 e. The van der Waals surface area contributed by atoms with Crippen LogP contribution in [0.3, 0.4) is 0 Å². The van der Waals surface area contributed by atoms with Gasteiger partial charge in [-0.3, -0.25) is 14.4 Å². The molecule has 0 unspecified atom stereocenters. The minimum Gasteiger partial charge on any atom is -0.480 e. The van der Waals surface area contributed by atoms with Crippen LogP contribution in [-0.2, 0) is 19.2 Å². The van der Waals surface area contributed by atoms with E-state index in [9.17, 15) is 19.2 Å². The number of amides is 3. The van der Waals surface area contributed by atoms with E-state index in [-0.39, 0.29) is 6.54 Å². The summed E-state index contributed by atoms with van der Waals surface area (Å²) >= 11 is 0. The average Bonchev–Trinajstić information content (AvgIpc) is 2.93. The Morgan fingerprint density at radius 2 is 1.91 bits per heavy atom. The van der Waals surface area contributed by atoms with Gasteiger partial charge in [-0.1, -0.05) is 0 Å². The summed E-state index contributed by atoms with van der Waals surface area (Å²) in [5, 5.41) is 13.8. The smallest absolute Gasteiger partial charge is 0.326 e. The molecule has 0 aromatic rings. The summed E-state index contributed by atoms with van der Waals surface area (Å²) in [6.45, 7) is 3.02. The fraction of sp³-hybridized carbons (Fsp3) is 0.692. The highest BCUT2D eigenvalue weighted by Gasteiger charge is 2.33. The van der Waals surface area contributed by atoms with Crippen LogP contribution in [0.15, 0.2) is 0 Å². The van der Waals surface area contributed by atoms with Gasteiger partial charge in [-0.15, -0.1) is 0 Å². The summed E-state index contributed by atoms with van der Waals surface area (Å²) in [5.41, 5.74) is 5.37. The second-order valence-electron chi connectivity index (χ2n) is 5.32. The molecule has 124 valence electrons. The molecule has 9 nitrogen and oxygen atoms in total. The Balaban J connectivity index is 2.45. The Labute approximate surface area is 128 Å². The van der Waals surface area contributed by atoms with Gasteiger partial charge in [0.2, 0.25) is 17.7 Å². The van der Waals surface area contributed by atoms with Crippen molar-refractivity contribution in [1.29, 1.82) is 0 Å². The Morgan fingerprint density at radius 3 is 2.45 bits per heavy atom. The van der Waals surface area contributed by atoms with Gasteiger partial charge in [0, 0.05) is 6.54 Å². The standard InChI is InChI=1S/C13H22N4O5/c1-7(14)11(19)16-8(2)12(20)15-6-10(18)17-5-3-4-9(17)13(21)22/h7-9H,3-6,14H2,1-2H3,(H,15,20)(H,16,19)(H,21,22)/t7-,8-,9-/m0/s1. The summed E-state index contributed by atoms with van der Waals surface area (Å²) in [7, 11) is 0. The Morgan fingerprint density at radius 1 is 1.27 bits per heavy atom. The average molecular weight is 314 g/mol. The van der Waals surface area contributed by atoms with Crippen molar-refractivity contribution in [2.75, 3.05) is 13.1 Å². The van der Waals surface area contributed by atoms with Crippen LogP contribution < -0.4 is 16.4 Å². The van der Waals surface area contributed by atoms with Crippen LogP contribution in [0.25, 0.3) is 0 Å². The summed E-state index contributed by atoms with van der Waals surface area (Å²) in [5.74, 6) is -2.51. The van der Waals surface area contributed by atoms with Crippen LogP contribution in [0.1, 0.15) is 26.7 Å². The van der Waals surface area contributed by atoms with Crippen molar-refractivity contribution in [3.63, 3.8) is 0 Å². The van der Waals surface area contributed by atoms with Crippen LogP contribution in [0, 0.1) is 0 Å². The van der Waals surface area contributed by atoms with Gasteiger partial charge in [-0.25, -0.2) is 4.79 Å². The van der Waals surface area contributed by atoms with E-state index in [1.54, 1.807) is 0 Å². The van der Waals surface area contributed by atoms with Crippen molar-refractivity contribution in [3.05, 3.63) is 0 Å². The molecule has 3 amide bonds. The van der Waals surface area contributed by atoms with Crippen molar-refractivity contribution in [3.8, 4) is 0 Å². The predicted octanol–water partition coefficient (Wildman–Crippen LogP) is -1.97. The van der Waals surface area contributed by atoms with Crippen LogP contribution in [0.2, 0.25) is 0 Å². The van der Waals surface area contributed by atoms with Gasteiger partial charge in [-0.05, 0) is 26.7 Å². The third kappa shape index (κ3) is 4.69. The summed E-state index contributed by atoms with van der Waals surface area (Å²) in [4.78, 5) is 47.4. The summed E-state index contributed by atoms with van der Waals surface area (Å²) in [6, 6.07) is -2.41. The number of carbonyl (C=O) groups is 4. The SMILES string of the molecule is C[C@H](N)C(=O)N[C@@H](C)C(=O)NCC(=O)N1CCC[C@H]1C(=O)O. The molecule has 3 atom stereocenters. The topological polar surface area (TPSA) is 142 Å². The van der Waals surface area contributed by atoms with E-state index >= 15 is 0 Å². The Hall–Kier alpha value is -2.16. The largest absolute Gasteiger partial charge is 0.480 e. The molecule has 1 aliphatic heterocycles. The summed E-state index contributed by atoms with van der Waals surface area (Å²) in [6.07, 6.45) is 1.04. The van der Waals surface area contributed by atoms with Crippen molar-refractivity contribution in [2.24, 2.45) is 5.73 Å². The van der Waals surface area contributed by atoms with Crippen LogP contribution in [0.4, 0.5) is 0 Å². The van der Waals surface area contributed by atoms with Gasteiger partial charge in [-0.2, -0.15) is 0 Å². The van der Waals surface area contributed by atoms with E-state index < -0.39 is 41.8 Å². The molecule has 1 rings (SSSR count). The lowest BCUT2D eigenvalue weighted by atomic mass is 10.2. The van der Waals surface area contributed by atoms with Gasteiger partial charge in [0.1, 0.15) is 12.1 Å². The second kappa shape index (κ2) is 7.74. The van der Waals surface area contributed by atoms with Gasteiger partial charge < -0.3 is 26.4 Å². The molecule has 0 saturated carbocycles. The van der Waals surface area contributed by atoms with Crippen LogP contribution >= 0.6 is 0 Å². The van der Waals surface area contributed by atoms with Gasteiger partial charge >= 0.3 is 5.97 Å². The van der Waals surface area contributed by atoms with Crippen molar-refractivity contribution in [2.45, 2.75) is 44.8 Å². The number of nitrogens with two attached hydrogens (primary N) is 1. The first-order chi connectivity index (χ1) is 10.2. The van der Waals surface area contributed by atoms with Gasteiger partial charge in [0.25, 0.3) is 0 Å². The normalized spacial score (nSPS) is 20.1. The van der Waals surface area contributed by atoms with E-state index in [2.05, 4.69) is 10.6 Å². The highest BCUT2D eigenvalue weighted by molar-refractivity contribution is 5.92. The molecule has 0 radical (unpaired) electrons. The number of likely N-dealkylation sites (tertiary alicyclic amines) is 1. The van der Waals surface area contributed by atoms with E-state index in [4.69, 9.17) is 10.8 Å². The quantitative estimate of drug-likeness (QED) is 0.448. The number of carbonyl (C=O) groups excluding carboxylic acids is 3. The van der Waals surface area contributed by atoms with Crippen molar-refractivity contribution < 1.29 is 24.3 Å². The minimum absolute atomic E-state index is 0.305. The van der Waals surface area contributed by atoms with Crippen LogP contribution in [-0.4, -0.2) is 64.9 Å². The first-order valence-electron chi connectivity index (χ1n) is 7.10. The fourth-order valence-corrected chi connectivity index (χ4v) is 2.15. The molecule has 1 heterocycles. The molecular formula is C13H22N4O5. The molecule has 1 saturated heterocycles. The summed E-state index contributed by atoms with van der Waals surface area (Å²) < 4.78 is 0. The maximum absolute atomic E-state index is 12.0. The lowest BCUT2D eigenvalue weighted by molar-refractivity contribution is -0.148. The third-order valence-corrected chi connectivity index (χ3v) is 3.44. The minimum atomic E-state index is -1.05. The number of carboxylic acids is 1. The number of nitrogens with zero attached hydrogens (tertiary/aromatic N) is 1. The zero-order chi connectivity index (χ0) is 16.9. The van der Waals surface area contributed by atoms with Gasteiger partial charge in [0.15, 0.2) is 0 Å². The van der Waals surface area contributed by atoms with Gasteiger partial charge in [0.05, 0.1) is 12.6 Å². The lowest BCUT2D eigenvalue weighted by Gasteiger charge is -2.22. The zero-order valence-corrected chi connectivity index (χ0v) is 12.7. The molecule has 0 aromatic carbocycles. The second-order valence-corrected chi connectivity index (χ2v) is 5.32. The molecule has 0 spiro atoms. The third-order valence-electron chi connectivity index (χ3n) is 3.44. The molecule has 1 aliphatic rings. The molecule has 1 fully saturated rings. The molecular weight excluding hydrogens is 292 g/mol. The predicted molar refractivity (Wildman–Crippen MR) is 76.6 cm³/mol. The number of carboxylic acid groups (broad SMARTS) is 1. The molecule has 22 heavy (non-hydrogen) atoms. The lowest BCUT2D eigenvalue weighted by Crippen LogP contribution is -2.51. The molecule has 0 aliphatic carbocycles. The number of hydrogen-bond acceptors (Lipinski definition) is 5. The monoisotopic (exact) mass is 314 g/mol. The van der Waals surface area contributed by atoms with Crippen molar-refractivity contribution in [1.82, 2.24) is 15.5 Å². The zero-order valence-electron chi connectivity index (χ0n) is 12.7. The van der Waals surface area contributed by atoms with Crippen molar-refractivity contribution >= 4 is 23.7 Å². The Kier molecular flexibility index (Phi) is 6.29. The number of hydrogen-bond donors (Lipinski definition) is 4. The first-order valence-corrected chi connectivity index (χ1v) is 7.10. The van der Waals surface area contributed by atoms with E-state index in [1.165, 1.54) is 18.7 Å². The number of aliphatic carboxylic acids is 1. The molecule has 0 bridgehead atoms. The van der Waals surface area contributed by atoms with E-state index in [1.807, 2.05) is 0 Å². The fourth-order valence-electron chi connectivity index (χ4n) is 2.15. The number of rotatable bonds is 6. The highest BCUT2D eigenvalue weighted by Crippen LogP contribution is 2.17. The Bertz CT molecular complexity index is 465. The molecule has 5 N–H and O–H groups in total. The number of nitrogens with one attached hydrogen (secondary N) is 2. The molecule has 0 aromatic heterocycles. The van der Waals surface area contributed by atoms with Crippen LogP contribution in [0.5, 0.6) is 0 Å².